The summed E-state index contributed by atoms with van der Waals surface area (Å²) in [4.78, 5) is 16.6. The number of imidazole rings is 1. The summed E-state index contributed by atoms with van der Waals surface area (Å²) in [5.74, 6) is 0. The number of benzene rings is 1. The van der Waals surface area contributed by atoms with Crippen molar-refractivity contribution in [1.29, 1.82) is 0 Å². The van der Waals surface area contributed by atoms with Crippen molar-refractivity contribution in [2.45, 2.75) is 6.54 Å². The molecule has 0 saturated heterocycles. The lowest BCUT2D eigenvalue weighted by atomic mass is 10.1. The highest BCUT2D eigenvalue weighted by atomic mass is 16.4. The van der Waals surface area contributed by atoms with Crippen molar-refractivity contribution in [1.82, 2.24) is 14.3 Å². The van der Waals surface area contributed by atoms with Crippen LogP contribution in [0, 0.1) is 0 Å². The molecule has 106 valence electrons. The molecule has 0 aliphatic carbocycles. The van der Waals surface area contributed by atoms with Gasteiger partial charge in [-0.05, 0) is 17.7 Å². The van der Waals surface area contributed by atoms with Crippen molar-refractivity contribution in [2.75, 3.05) is 7.05 Å². The largest absolute Gasteiger partial charge is 0.465 e. The number of carbonyl (C=O) groups is 1. The molecule has 0 atom stereocenters. The summed E-state index contributed by atoms with van der Waals surface area (Å²) in [6.45, 7) is 0.376. The Bertz CT molecular complexity index is 745. The SMILES string of the molecule is CN(Cc1ccc(-c2cn3ccccc3n2)cc1)C(=O)O. The predicted molar refractivity (Wildman–Crippen MR) is 80.1 cm³/mol. The third-order valence-corrected chi connectivity index (χ3v) is 3.36. The van der Waals surface area contributed by atoms with Gasteiger partial charge in [-0.3, -0.25) is 0 Å². The van der Waals surface area contributed by atoms with E-state index in [4.69, 9.17) is 5.11 Å². The zero-order valence-corrected chi connectivity index (χ0v) is 11.6. The fraction of sp³-hybridized carbons (Fsp3) is 0.125. The Morgan fingerprint density at radius 3 is 2.67 bits per heavy atom. The minimum atomic E-state index is -0.931. The van der Waals surface area contributed by atoms with Crippen LogP contribution in [0.5, 0.6) is 0 Å². The molecule has 0 aliphatic rings. The topological polar surface area (TPSA) is 57.8 Å². The monoisotopic (exact) mass is 281 g/mol. The Labute approximate surface area is 122 Å². The number of amides is 1. The van der Waals surface area contributed by atoms with Gasteiger partial charge in [0.25, 0.3) is 0 Å². The van der Waals surface area contributed by atoms with Gasteiger partial charge in [-0.1, -0.05) is 30.3 Å². The number of hydrogen-bond donors (Lipinski definition) is 1. The zero-order chi connectivity index (χ0) is 14.8. The second-order valence-electron chi connectivity index (χ2n) is 4.93. The molecule has 2 aromatic heterocycles. The molecule has 0 aliphatic heterocycles. The molecule has 0 saturated carbocycles. The Kier molecular flexibility index (Phi) is 3.31. The Hall–Kier alpha value is -2.82. The van der Waals surface area contributed by atoms with E-state index in [1.165, 1.54) is 4.90 Å². The highest BCUT2D eigenvalue weighted by Crippen LogP contribution is 2.20. The zero-order valence-electron chi connectivity index (χ0n) is 11.6. The molecule has 0 bridgehead atoms. The van der Waals surface area contributed by atoms with Gasteiger partial charge in [0.2, 0.25) is 0 Å². The van der Waals surface area contributed by atoms with Crippen LogP contribution in [0.1, 0.15) is 5.56 Å². The molecule has 0 radical (unpaired) electrons. The Morgan fingerprint density at radius 1 is 1.24 bits per heavy atom. The third kappa shape index (κ3) is 2.72. The maximum absolute atomic E-state index is 10.8. The number of rotatable bonds is 3. The lowest BCUT2D eigenvalue weighted by Crippen LogP contribution is -2.23. The fourth-order valence-electron chi connectivity index (χ4n) is 2.20. The maximum atomic E-state index is 10.8. The number of fused-ring (bicyclic) bond motifs is 1. The predicted octanol–water partition coefficient (Wildman–Crippen LogP) is 3.11. The number of nitrogens with zero attached hydrogens (tertiary/aromatic N) is 3. The van der Waals surface area contributed by atoms with Crippen LogP contribution in [-0.4, -0.2) is 32.5 Å². The molecular weight excluding hydrogens is 266 g/mol. The van der Waals surface area contributed by atoms with Crippen LogP contribution < -0.4 is 0 Å². The quantitative estimate of drug-likeness (QED) is 0.802. The summed E-state index contributed by atoms with van der Waals surface area (Å²) < 4.78 is 1.97. The lowest BCUT2D eigenvalue weighted by molar-refractivity contribution is 0.154. The molecule has 2 heterocycles. The standard InChI is InChI=1S/C16H15N3O2/c1-18(16(20)21)10-12-5-7-13(8-6-12)14-11-19-9-3-2-4-15(19)17-14/h2-9,11H,10H2,1H3,(H,20,21). The molecule has 5 nitrogen and oxygen atoms in total. The van der Waals surface area contributed by atoms with Gasteiger partial charge < -0.3 is 14.4 Å². The van der Waals surface area contributed by atoms with E-state index < -0.39 is 6.09 Å². The van der Waals surface area contributed by atoms with Crippen LogP contribution in [0.25, 0.3) is 16.9 Å². The summed E-state index contributed by atoms with van der Waals surface area (Å²) in [5, 5.41) is 8.87. The Balaban J connectivity index is 1.85. The Morgan fingerprint density at radius 2 is 2.00 bits per heavy atom. The third-order valence-electron chi connectivity index (χ3n) is 3.36. The van der Waals surface area contributed by atoms with Gasteiger partial charge in [0.1, 0.15) is 5.65 Å². The van der Waals surface area contributed by atoms with Crippen LogP contribution in [0.4, 0.5) is 4.79 Å². The highest BCUT2D eigenvalue weighted by Gasteiger charge is 2.07. The lowest BCUT2D eigenvalue weighted by Gasteiger charge is -2.12. The van der Waals surface area contributed by atoms with Gasteiger partial charge >= 0.3 is 6.09 Å². The van der Waals surface area contributed by atoms with E-state index in [-0.39, 0.29) is 0 Å². The summed E-state index contributed by atoms with van der Waals surface area (Å²) in [7, 11) is 1.55. The van der Waals surface area contributed by atoms with Gasteiger partial charge in [0.05, 0.1) is 5.69 Å². The maximum Gasteiger partial charge on any atom is 0.407 e. The van der Waals surface area contributed by atoms with E-state index in [9.17, 15) is 4.79 Å². The highest BCUT2D eigenvalue weighted by molar-refractivity contribution is 5.65. The van der Waals surface area contributed by atoms with Crippen molar-refractivity contribution in [3.63, 3.8) is 0 Å². The molecule has 1 aromatic carbocycles. The second-order valence-corrected chi connectivity index (χ2v) is 4.93. The summed E-state index contributed by atoms with van der Waals surface area (Å²) >= 11 is 0. The van der Waals surface area contributed by atoms with E-state index >= 15 is 0 Å². The molecule has 0 unspecified atom stereocenters. The van der Waals surface area contributed by atoms with E-state index in [1.54, 1.807) is 7.05 Å². The average Bonchev–Trinajstić information content (AvgIpc) is 2.91. The van der Waals surface area contributed by atoms with Crippen molar-refractivity contribution in [2.24, 2.45) is 0 Å². The van der Waals surface area contributed by atoms with Crippen molar-refractivity contribution in [3.05, 3.63) is 60.4 Å². The van der Waals surface area contributed by atoms with E-state index in [0.29, 0.717) is 6.54 Å². The molecule has 21 heavy (non-hydrogen) atoms. The van der Waals surface area contributed by atoms with Gasteiger partial charge in [0.15, 0.2) is 0 Å². The minimum Gasteiger partial charge on any atom is -0.465 e. The smallest absolute Gasteiger partial charge is 0.407 e. The van der Waals surface area contributed by atoms with Gasteiger partial charge in [-0.2, -0.15) is 0 Å². The van der Waals surface area contributed by atoms with Crippen molar-refractivity contribution >= 4 is 11.7 Å². The first kappa shape index (κ1) is 13.2. The van der Waals surface area contributed by atoms with Crippen LogP contribution >= 0.6 is 0 Å². The average molecular weight is 281 g/mol. The van der Waals surface area contributed by atoms with Crippen LogP contribution in [0.2, 0.25) is 0 Å². The molecule has 1 amide bonds. The van der Waals surface area contributed by atoms with Crippen molar-refractivity contribution in [3.8, 4) is 11.3 Å². The number of hydrogen-bond acceptors (Lipinski definition) is 2. The summed E-state index contributed by atoms with van der Waals surface area (Å²) in [6, 6.07) is 13.7. The van der Waals surface area contributed by atoms with Crippen molar-refractivity contribution < 1.29 is 9.90 Å². The van der Waals surface area contributed by atoms with E-state index in [1.807, 2.05) is 59.3 Å². The molecule has 0 spiro atoms. The normalized spacial score (nSPS) is 10.7. The number of pyridine rings is 1. The first-order chi connectivity index (χ1) is 10.1. The summed E-state index contributed by atoms with van der Waals surface area (Å²) in [5.41, 5.74) is 3.77. The summed E-state index contributed by atoms with van der Waals surface area (Å²) in [6.07, 6.45) is 3.01. The number of aromatic nitrogens is 2. The van der Waals surface area contributed by atoms with Crippen LogP contribution in [0.15, 0.2) is 54.9 Å². The fourth-order valence-corrected chi connectivity index (χ4v) is 2.20. The van der Waals surface area contributed by atoms with E-state index in [0.717, 1.165) is 22.5 Å². The van der Waals surface area contributed by atoms with Crippen LogP contribution in [0.3, 0.4) is 0 Å². The van der Waals surface area contributed by atoms with Gasteiger partial charge in [-0.25, -0.2) is 9.78 Å². The second kappa shape index (κ2) is 5.28. The number of carboxylic acid groups (broad SMARTS) is 1. The first-order valence-corrected chi connectivity index (χ1v) is 6.60. The first-order valence-electron chi connectivity index (χ1n) is 6.60. The molecule has 1 N–H and O–H groups in total. The molecule has 5 heteroatoms. The minimum absolute atomic E-state index is 0.376. The molecule has 0 fully saturated rings. The molecule has 3 rings (SSSR count). The van der Waals surface area contributed by atoms with Gasteiger partial charge in [-0.15, -0.1) is 0 Å². The van der Waals surface area contributed by atoms with E-state index in [2.05, 4.69) is 4.98 Å². The molecule has 3 aromatic rings. The van der Waals surface area contributed by atoms with Crippen LogP contribution in [-0.2, 0) is 6.54 Å². The molecular formula is C16H15N3O2. The van der Waals surface area contributed by atoms with Gasteiger partial charge in [0, 0.05) is 31.5 Å².